The lowest BCUT2D eigenvalue weighted by Crippen LogP contribution is -2.45. The van der Waals surface area contributed by atoms with Crippen molar-refractivity contribution >= 4 is 5.97 Å². The fourth-order valence-electron chi connectivity index (χ4n) is 4.65. The molecule has 0 bridgehead atoms. The van der Waals surface area contributed by atoms with Crippen LogP contribution in [-0.2, 0) is 16.1 Å². The van der Waals surface area contributed by atoms with Gasteiger partial charge in [-0.25, -0.2) is 0 Å². The molecule has 1 aliphatic heterocycles. The van der Waals surface area contributed by atoms with E-state index in [9.17, 15) is 14.9 Å². The first-order chi connectivity index (χ1) is 14.2. The monoisotopic (exact) mass is 417 g/mol. The van der Waals surface area contributed by atoms with Gasteiger partial charge in [0.25, 0.3) is 5.09 Å². The molecule has 3 rings (SSSR count). The lowest BCUT2D eigenvalue weighted by Gasteiger charge is -2.47. The van der Waals surface area contributed by atoms with Gasteiger partial charge in [0.1, 0.15) is 17.1 Å². The number of hydrogen-bond donors (Lipinski definition) is 0. The minimum Gasteiger partial charge on any atom is -0.487 e. The topological polar surface area (TPSA) is 87.9 Å². The molecule has 2 aliphatic rings. The molecule has 0 saturated carbocycles. The number of esters is 1. The minimum atomic E-state index is -0.853. The number of fused-ring (bicyclic) bond motifs is 3. The van der Waals surface area contributed by atoms with Gasteiger partial charge in [-0.3, -0.25) is 4.79 Å². The first-order valence-electron chi connectivity index (χ1n) is 10.7. The highest BCUT2D eigenvalue weighted by molar-refractivity contribution is 5.73. The molecule has 164 valence electrons. The van der Waals surface area contributed by atoms with Gasteiger partial charge in [-0.15, -0.1) is 10.1 Å². The van der Waals surface area contributed by atoms with Crippen molar-refractivity contribution < 1.29 is 24.2 Å². The molecule has 0 unspecified atom stereocenters. The van der Waals surface area contributed by atoms with Gasteiger partial charge in [-0.05, 0) is 64.2 Å². The van der Waals surface area contributed by atoms with E-state index in [-0.39, 0.29) is 31.0 Å². The molecular weight excluding hydrogens is 386 g/mol. The van der Waals surface area contributed by atoms with Crippen LogP contribution in [-0.4, -0.2) is 23.3 Å². The summed E-state index contributed by atoms with van der Waals surface area (Å²) < 4.78 is 12.2. The van der Waals surface area contributed by atoms with Gasteiger partial charge in [0.05, 0.1) is 6.61 Å². The summed E-state index contributed by atoms with van der Waals surface area (Å²) in [5.41, 5.74) is 3.09. The average Bonchev–Trinajstić information content (AvgIpc) is 2.64. The van der Waals surface area contributed by atoms with Gasteiger partial charge >= 0.3 is 5.97 Å². The molecule has 30 heavy (non-hydrogen) atoms. The molecule has 0 radical (unpaired) electrons. The van der Waals surface area contributed by atoms with Crippen LogP contribution < -0.4 is 9.47 Å². The Balaban J connectivity index is 1.89. The smallest absolute Gasteiger partial charge is 0.311 e. The van der Waals surface area contributed by atoms with Crippen molar-refractivity contribution in [3.63, 3.8) is 0 Å². The van der Waals surface area contributed by atoms with E-state index in [2.05, 4.69) is 44.7 Å². The summed E-state index contributed by atoms with van der Waals surface area (Å²) in [4.78, 5) is 27.0. The second kappa shape index (κ2) is 9.06. The third-order valence-corrected chi connectivity index (χ3v) is 6.03. The van der Waals surface area contributed by atoms with Crippen molar-refractivity contribution in [2.24, 2.45) is 5.92 Å². The second-order valence-electron chi connectivity index (χ2n) is 8.80. The standard InChI is InChI=1S/C23H31NO6/c1-5-7-16-13-19(29-21(25)8-6-11-28-24(26)27)22-17-12-15(2)9-10-18(17)23(3,4)30-20(22)14-16/h9,13-14,17-18H,5-8,10-12H2,1-4H3/t17-,18-/m1/s1. The molecule has 1 aliphatic carbocycles. The van der Waals surface area contributed by atoms with Crippen molar-refractivity contribution in [3.05, 3.63) is 45.0 Å². The lowest BCUT2D eigenvalue weighted by atomic mass is 9.67. The molecule has 0 N–H and O–H groups in total. The van der Waals surface area contributed by atoms with Crippen molar-refractivity contribution in [2.45, 2.75) is 77.7 Å². The van der Waals surface area contributed by atoms with E-state index in [1.54, 1.807) is 0 Å². The molecule has 0 saturated heterocycles. The SMILES string of the molecule is CCCc1cc(OC(=O)CCCO[N+](=O)[O-])c2c(c1)OC(C)(C)[C@@H]1CC=C(C)C[C@@H]21. The van der Waals surface area contributed by atoms with E-state index in [0.717, 1.165) is 42.6 Å². The van der Waals surface area contributed by atoms with Crippen LogP contribution in [0.4, 0.5) is 0 Å². The maximum atomic E-state index is 12.5. The molecule has 1 heterocycles. The van der Waals surface area contributed by atoms with E-state index in [1.807, 2.05) is 6.07 Å². The lowest BCUT2D eigenvalue weighted by molar-refractivity contribution is -0.757. The highest BCUT2D eigenvalue weighted by Crippen LogP contribution is 2.54. The van der Waals surface area contributed by atoms with Crippen LogP contribution in [0.3, 0.4) is 0 Å². The van der Waals surface area contributed by atoms with E-state index < -0.39 is 11.1 Å². The van der Waals surface area contributed by atoms with Gasteiger partial charge in [0.15, 0.2) is 0 Å². The Morgan fingerprint density at radius 3 is 2.83 bits per heavy atom. The number of carbonyl (C=O) groups is 1. The normalized spacial score (nSPS) is 21.5. The Labute approximate surface area is 177 Å². The third-order valence-electron chi connectivity index (χ3n) is 6.03. The average molecular weight is 418 g/mol. The number of hydrogen-bond acceptors (Lipinski definition) is 6. The van der Waals surface area contributed by atoms with Gasteiger partial charge in [-0.2, -0.15) is 0 Å². The second-order valence-corrected chi connectivity index (χ2v) is 8.80. The molecule has 0 fully saturated rings. The maximum absolute atomic E-state index is 12.5. The summed E-state index contributed by atoms with van der Waals surface area (Å²) in [6.45, 7) is 8.40. The van der Waals surface area contributed by atoms with Crippen LogP contribution in [0.1, 0.15) is 76.8 Å². The van der Waals surface area contributed by atoms with Crippen LogP contribution in [0.25, 0.3) is 0 Å². The predicted molar refractivity (Wildman–Crippen MR) is 112 cm³/mol. The zero-order chi connectivity index (χ0) is 21.9. The highest BCUT2D eigenvalue weighted by atomic mass is 16.9. The molecule has 1 aromatic rings. The highest BCUT2D eigenvalue weighted by Gasteiger charge is 2.46. The van der Waals surface area contributed by atoms with Crippen LogP contribution in [0.15, 0.2) is 23.8 Å². The van der Waals surface area contributed by atoms with E-state index in [1.165, 1.54) is 5.57 Å². The number of benzene rings is 1. The van der Waals surface area contributed by atoms with Crippen molar-refractivity contribution in [1.82, 2.24) is 0 Å². The molecule has 0 aromatic heterocycles. The Hall–Kier alpha value is -2.57. The quantitative estimate of drug-likeness (QED) is 0.145. The molecule has 1 aromatic carbocycles. The fraction of sp³-hybridized carbons (Fsp3) is 0.609. The molecule has 7 nitrogen and oxygen atoms in total. The number of carbonyl (C=O) groups excluding carboxylic acids is 1. The summed E-state index contributed by atoms with van der Waals surface area (Å²) in [6, 6.07) is 4.05. The van der Waals surface area contributed by atoms with Gasteiger partial charge < -0.3 is 14.3 Å². The molecular formula is C23H31NO6. The first kappa shape index (κ1) is 22.1. The van der Waals surface area contributed by atoms with Crippen LogP contribution in [0.2, 0.25) is 0 Å². The Morgan fingerprint density at radius 2 is 2.13 bits per heavy atom. The zero-order valence-electron chi connectivity index (χ0n) is 18.2. The van der Waals surface area contributed by atoms with E-state index in [4.69, 9.17) is 9.47 Å². The molecule has 0 amide bonds. The number of ether oxygens (including phenoxy) is 2. The fourth-order valence-corrected chi connectivity index (χ4v) is 4.65. The Kier molecular flexibility index (Phi) is 6.68. The summed E-state index contributed by atoms with van der Waals surface area (Å²) in [7, 11) is 0. The number of rotatable bonds is 8. The van der Waals surface area contributed by atoms with Gasteiger partial charge in [-0.1, -0.05) is 25.0 Å². The number of aryl methyl sites for hydroxylation is 1. The van der Waals surface area contributed by atoms with Crippen molar-refractivity contribution in [3.8, 4) is 11.5 Å². The van der Waals surface area contributed by atoms with E-state index in [0.29, 0.717) is 11.7 Å². The summed E-state index contributed by atoms with van der Waals surface area (Å²) in [5, 5.41) is 9.40. The molecule has 0 spiro atoms. The zero-order valence-corrected chi connectivity index (χ0v) is 18.2. The number of allylic oxidation sites excluding steroid dienone is 2. The largest absolute Gasteiger partial charge is 0.487 e. The summed E-state index contributed by atoms with van der Waals surface area (Å²) >= 11 is 0. The van der Waals surface area contributed by atoms with Gasteiger partial charge in [0, 0.05) is 23.8 Å². The maximum Gasteiger partial charge on any atom is 0.311 e. The van der Waals surface area contributed by atoms with Crippen LogP contribution in [0.5, 0.6) is 11.5 Å². The van der Waals surface area contributed by atoms with Crippen LogP contribution >= 0.6 is 0 Å². The van der Waals surface area contributed by atoms with E-state index >= 15 is 0 Å². The van der Waals surface area contributed by atoms with Crippen molar-refractivity contribution in [2.75, 3.05) is 6.61 Å². The Morgan fingerprint density at radius 1 is 1.37 bits per heavy atom. The third kappa shape index (κ3) is 4.94. The summed E-state index contributed by atoms with van der Waals surface area (Å²) in [6.07, 6.45) is 6.26. The number of nitrogens with zero attached hydrogens (tertiary/aromatic N) is 1. The van der Waals surface area contributed by atoms with Gasteiger partial charge in [0.2, 0.25) is 0 Å². The Bertz CT molecular complexity index is 844. The first-order valence-corrected chi connectivity index (χ1v) is 10.7. The minimum absolute atomic E-state index is 0.0556. The molecule has 7 heteroatoms. The predicted octanol–water partition coefficient (Wildman–Crippen LogP) is 5.14. The van der Waals surface area contributed by atoms with Crippen molar-refractivity contribution in [1.29, 1.82) is 0 Å². The molecule has 2 atom stereocenters. The van der Waals surface area contributed by atoms with Crippen LogP contribution in [0, 0.1) is 16.0 Å². The summed E-state index contributed by atoms with van der Waals surface area (Å²) in [5.74, 6) is 1.49.